The number of aliphatic hydroxyl groups excluding tert-OH is 1. The van der Waals surface area contributed by atoms with Gasteiger partial charge in [-0.15, -0.1) is 0 Å². The van der Waals surface area contributed by atoms with Crippen LogP contribution in [0.1, 0.15) is 21.6 Å². The molecule has 0 aliphatic heterocycles. The minimum absolute atomic E-state index is 0.109. The van der Waals surface area contributed by atoms with Crippen molar-refractivity contribution in [3.63, 3.8) is 0 Å². The fraction of sp³-hybridized carbons (Fsp3) is 0.222. The molecule has 130 valence electrons. The predicted octanol–water partition coefficient (Wildman–Crippen LogP) is 2.63. The fourth-order valence-corrected chi connectivity index (χ4v) is 2.87. The number of pyridine rings is 1. The van der Waals surface area contributed by atoms with E-state index in [-0.39, 0.29) is 19.1 Å². The van der Waals surface area contributed by atoms with Crippen molar-refractivity contribution in [2.75, 3.05) is 18.5 Å². The number of nitrogens with zero attached hydrogens (tertiary/aromatic N) is 2. The van der Waals surface area contributed by atoms with Crippen LogP contribution in [0.3, 0.4) is 0 Å². The van der Waals surface area contributed by atoms with Crippen LogP contribution in [-0.2, 0) is 6.54 Å². The van der Waals surface area contributed by atoms with Gasteiger partial charge in [0.2, 0.25) is 0 Å². The topological polar surface area (TPSA) is 78.7 Å². The zero-order chi connectivity index (χ0) is 17.8. The average Bonchev–Trinajstić information content (AvgIpc) is 3.02. The number of aliphatic hydroxyl groups is 1. The number of aryl methyl sites for hydroxylation is 1. The van der Waals surface area contributed by atoms with Gasteiger partial charge in [-0.05, 0) is 36.8 Å². The summed E-state index contributed by atoms with van der Waals surface area (Å²) in [5.74, 6) is -0.303. The summed E-state index contributed by atoms with van der Waals surface area (Å²) in [6.45, 7) is 2.70. The zero-order valence-electron chi connectivity index (χ0n) is 13.8. The maximum absolute atomic E-state index is 11.9. The maximum atomic E-state index is 11.9. The van der Waals surface area contributed by atoms with Gasteiger partial charge in [-0.2, -0.15) is 0 Å². The minimum atomic E-state index is -0.303. The molecular formula is C18H19ClN4O2. The van der Waals surface area contributed by atoms with Crippen LogP contribution in [0.4, 0.5) is 5.69 Å². The first kappa shape index (κ1) is 17.3. The second kappa shape index (κ2) is 7.55. The number of carbonyl (C=O) groups is 1. The van der Waals surface area contributed by atoms with Crippen molar-refractivity contribution in [1.82, 2.24) is 14.7 Å². The molecule has 0 atom stereocenters. The SMILES string of the molecule is Cc1cccn2c(CNc3ccc(C(=O)NCCO)c(Cl)c3)cnc12. The van der Waals surface area contributed by atoms with Gasteiger partial charge in [-0.25, -0.2) is 4.98 Å². The van der Waals surface area contributed by atoms with Crippen molar-refractivity contribution in [3.05, 3.63) is 64.6 Å². The summed E-state index contributed by atoms with van der Waals surface area (Å²) in [7, 11) is 0. The third-order valence-corrected chi connectivity index (χ3v) is 4.20. The van der Waals surface area contributed by atoms with Gasteiger partial charge in [0, 0.05) is 18.4 Å². The van der Waals surface area contributed by atoms with E-state index >= 15 is 0 Å². The number of aromatic nitrogens is 2. The maximum Gasteiger partial charge on any atom is 0.252 e. The van der Waals surface area contributed by atoms with E-state index < -0.39 is 0 Å². The van der Waals surface area contributed by atoms with Gasteiger partial charge in [0.25, 0.3) is 5.91 Å². The number of amides is 1. The lowest BCUT2D eigenvalue weighted by molar-refractivity contribution is 0.0945. The van der Waals surface area contributed by atoms with E-state index in [1.165, 1.54) is 0 Å². The molecule has 3 N–H and O–H groups in total. The van der Waals surface area contributed by atoms with Crippen LogP contribution in [0, 0.1) is 6.92 Å². The van der Waals surface area contributed by atoms with Crippen molar-refractivity contribution in [2.24, 2.45) is 0 Å². The molecule has 3 rings (SSSR count). The summed E-state index contributed by atoms with van der Waals surface area (Å²) in [6.07, 6.45) is 3.82. The molecule has 0 spiro atoms. The molecule has 3 aromatic rings. The third-order valence-electron chi connectivity index (χ3n) is 3.89. The minimum Gasteiger partial charge on any atom is -0.395 e. The van der Waals surface area contributed by atoms with E-state index in [1.54, 1.807) is 18.2 Å². The van der Waals surface area contributed by atoms with Gasteiger partial charge in [-0.3, -0.25) is 4.79 Å². The Morgan fingerprint density at radius 2 is 2.20 bits per heavy atom. The molecule has 0 aliphatic rings. The summed E-state index contributed by atoms with van der Waals surface area (Å²) < 4.78 is 2.04. The van der Waals surface area contributed by atoms with E-state index in [0.717, 1.165) is 22.6 Å². The summed E-state index contributed by atoms with van der Waals surface area (Å²) in [5, 5.41) is 15.0. The smallest absolute Gasteiger partial charge is 0.252 e. The Morgan fingerprint density at radius 1 is 1.36 bits per heavy atom. The lowest BCUT2D eigenvalue weighted by atomic mass is 10.2. The number of nitrogens with one attached hydrogen (secondary N) is 2. The Hall–Kier alpha value is -2.57. The lowest BCUT2D eigenvalue weighted by Crippen LogP contribution is -2.26. The molecule has 0 saturated heterocycles. The Kier molecular flexibility index (Phi) is 5.21. The number of carbonyl (C=O) groups excluding carboxylic acids is 1. The van der Waals surface area contributed by atoms with Gasteiger partial charge in [0.15, 0.2) is 0 Å². The Labute approximate surface area is 150 Å². The monoisotopic (exact) mass is 358 g/mol. The molecule has 0 saturated carbocycles. The van der Waals surface area contributed by atoms with E-state index in [2.05, 4.69) is 15.6 Å². The van der Waals surface area contributed by atoms with E-state index in [0.29, 0.717) is 17.1 Å². The first-order valence-corrected chi connectivity index (χ1v) is 8.32. The molecule has 1 amide bonds. The quantitative estimate of drug-likeness (QED) is 0.633. The largest absolute Gasteiger partial charge is 0.395 e. The average molecular weight is 359 g/mol. The number of rotatable bonds is 6. The summed E-state index contributed by atoms with van der Waals surface area (Å²) in [5.41, 5.74) is 4.28. The molecule has 2 heterocycles. The van der Waals surface area contributed by atoms with Crippen molar-refractivity contribution in [2.45, 2.75) is 13.5 Å². The number of hydrogen-bond acceptors (Lipinski definition) is 4. The Morgan fingerprint density at radius 3 is 2.96 bits per heavy atom. The molecule has 7 heteroatoms. The van der Waals surface area contributed by atoms with Gasteiger partial charge >= 0.3 is 0 Å². The molecular weight excluding hydrogens is 340 g/mol. The van der Waals surface area contributed by atoms with Gasteiger partial charge in [-0.1, -0.05) is 17.7 Å². The normalized spacial score (nSPS) is 10.8. The van der Waals surface area contributed by atoms with Crippen molar-refractivity contribution < 1.29 is 9.90 Å². The summed E-state index contributed by atoms with van der Waals surface area (Å²) in [4.78, 5) is 16.4. The van der Waals surface area contributed by atoms with E-state index in [1.807, 2.05) is 35.9 Å². The zero-order valence-corrected chi connectivity index (χ0v) is 14.5. The predicted molar refractivity (Wildman–Crippen MR) is 98.1 cm³/mol. The van der Waals surface area contributed by atoms with Crippen LogP contribution in [0.5, 0.6) is 0 Å². The lowest BCUT2D eigenvalue weighted by Gasteiger charge is -2.10. The Balaban J connectivity index is 1.72. The van der Waals surface area contributed by atoms with Gasteiger partial charge in [0.05, 0.1) is 35.6 Å². The van der Waals surface area contributed by atoms with Gasteiger partial charge in [0.1, 0.15) is 5.65 Å². The second-order valence-corrected chi connectivity index (χ2v) is 6.07. The number of imidazole rings is 1. The molecule has 0 radical (unpaired) electrons. The first-order valence-electron chi connectivity index (χ1n) is 7.94. The van der Waals surface area contributed by atoms with Crippen LogP contribution >= 0.6 is 11.6 Å². The number of anilines is 1. The highest BCUT2D eigenvalue weighted by Gasteiger charge is 2.11. The molecule has 0 bridgehead atoms. The van der Waals surface area contributed by atoms with Crippen LogP contribution in [0.15, 0.2) is 42.7 Å². The number of fused-ring (bicyclic) bond motifs is 1. The number of hydrogen-bond donors (Lipinski definition) is 3. The van der Waals surface area contributed by atoms with Crippen molar-refractivity contribution in [3.8, 4) is 0 Å². The molecule has 1 aromatic carbocycles. The van der Waals surface area contributed by atoms with Crippen LogP contribution in [-0.4, -0.2) is 33.6 Å². The number of halogens is 1. The van der Waals surface area contributed by atoms with Crippen LogP contribution in [0.2, 0.25) is 5.02 Å². The molecule has 0 unspecified atom stereocenters. The van der Waals surface area contributed by atoms with Crippen LogP contribution < -0.4 is 10.6 Å². The molecule has 6 nitrogen and oxygen atoms in total. The van der Waals surface area contributed by atoms with Gasteiger partial charge < -0.3 is 20.1 Å². The fourth-order valence-electron chi connectivity index (χ4n) is 2.60. The molecule has 0 fully saturated rings. The van der Waals surface area contributed by atoms with Crippen molar-refractivity contribution in [1.29, 1.82) is 0 Å². The van der Waals surface area contributed by atoms with Crippen LogP contribution in [0.25, 0.3) is 5.65 Å². The molecule has 0 aliphatic carbocycles. The summed E-state index contributed by atoms with van der Waals surface area (Å²) in [6, 6.07) is 9.19. The number of benzene rings is 1. The van der Waals surface area contributed by atoms with E-state index in [4.69, 9.17) is 16.7 Å². The third kappa shape index (κ3) is 3.75. The summed E-state index contributed by atoms with van der Waals surface area (Å²) >= 11 is 6.20. The molecule has 25 heavy (non-hydrogen) atoms. The second-order valence-electron chi connectivity index (χ2n) is 5.66. The highest BCUT2D eigenvalue weighted by Crippen LogP contribution is 2.22. The highest BCUT2D eigenvalue weighted by atomic mass is 35.5. The first-order chi connectivity index (χ1) is 12.1. The van der Waals surface area contributed by atoms with Crippen molar-refractivity contribution >= 4 is 28.8 Å². The standard InChI is InChI=1S/C18H19ClN4O2/c1-12-3-2-7-23-14(11-22-17(12)23)10-21-13-4-5-15(16(19)9-13)18(25)20-6-8-24/h2-5,7,9,11,21,24H,6,8,10H2,1H3,(H,20,25). The molecule has 2 aromatic heterocycles. The van der Waals surface area contributed by atoms with E-state index in [9.17, 15) is 4.79 Å². The highest BCUT2D eigenvalue weighted by molar-refractivity contribution is 6.34. The Bertz CT molecular complexity index is 907.